The number of rotatable bonds is 34. The summed E-state index contributed by atoms with van der Waals surface area (Å²) < 4.78 is 0. The Morgan fingerprint density at radius 1 is 0.438 bits per heavy atom. The van der Waals surface area contributed by atoms with Gasteiger partial charge in [-0.3, -0.25) is 52.7 Å². The van der Waals surface area contributed by atoms with Gasteiger partial charge in [-0.2, -0.15) is 0 Å². The van der Waals surface area contributed by atoms with E-state index in [4.69, 9.17) is 0 Å². The molecule has 0 spiro atoms. The number of carbonyl (C=O) groups excluding carboxylic acids is 11. The number of aliphatic hydroxyl groups excluding tert-OH is 1. The molecule has 0 saturated heterocycles. The van der Waals surface area contributed by atoms with Crippen LogP contribution in [0.15, 0.2) is 0 Å². The summed E-state index contributed by atoms with van der Waals surface area (Å²) in [7, 11) is 0. The van der Waals surface area contributed by atoms with Crippen molar-refractivity contribution in [1.82, 2.24) is 58.5 Å². The average molecular weight is 1040 g/mol. The fraction of sp³-hybridized carbons (Fsp3) is 0.780. The maximum absolute atomic E-state index is 13.4. The van der Waals surface area contributed by atoms with E-state index in [1.807, 2.05) is 20.8 Å². The largest absolute Gasteiger partial charge is 0.394 e. The second-order valence-electron chi connectivity index (χ2n) is 21.4. The Morgan fingerprint density at radius 3 is 1.21 bits per heavy atom. The van der Waals surface area contributed by atoms with Crippen LogP contribution in [-0.4, -0.2) is 144 Å². The summed E-state index contributed by atoms with van der Waals surface area (Å²) in [6.45, 7) is 22.4. The third-order valence-electron chi connectivity index (χ3n) is 11.9. The second kappa shape index (κ2) is 32.3. The van der Waals surface area contributed by atoms with E-state index < -0.39 is 138 Å². The summed E-state index contributed by atoms with van der Waals surface area (Å²) in [6, 6.07) is -3.73. The number of carbonyl (C=O) groups is 11. The van der Waals surface area contributed by atoms with Gasteiger partial charge in [-0.1, -0.05) is 94.4 Å². The summed E-state index contributed by atoms with van der Waals surface area (Å²) in [5, 5.41) is 37.8. The normalized spacial score (nSPS) is 13.8. The molecular weight excluding hydrogens is 947 g/mol. The molecule has 23 heteroatoms. The van der Waals surface area contributed by atoms with Gasteiger partial charge < -0.3 is 63.6 Å². The molecule has 73 heavy (non-hydrogen) atoms. The van der Waals surface area contributed by atoms with Crippen LogP contribution in [0.25, 0.3) is 0 Å². The molecule has 23 nitrogen and oxygen atoms in total. The molecule has 0 heterocycles. The molecule has 0 bridgehead atoms. The van der Waals surface area contributed by atoms with Gasteiger partial charge in [0.1, 0.15) is 34.7 Å². The lowest BCUT2D eigenvalue weighted by Crippen LogP contribution is -2.62. The van der Waals surface area contributed by atoms with Crippen molar-refractivity contribution in [1.29, 1.82) is 0 Å². The first-order valence-corrected chi connectivity index (χ1v) is 25.6. The van der Waals surface area contributed by atoms with Crippen LogP contribution in [0, 0.1) is 23.7 Å². The van der Waals surface area contributed by atoms with Crippen molar-refractivity contribution in [2.45, 2.75) is 196 Å². The molecule has 5 atom stereocenters. The van der Waals surface area contributed by atoms with Gasteiger partial charge >= 0.3 is 0 Å². The van der Waals surface area contributed by atoms with Crippen LogP contribution in [0.2, 0.25) is 0 Å². The highest BCUT2D eigenvalue weighted by molar-refractivity contribution is 5.99. The lowest BCUT2D eigenvalue weighted by molar-refractivity contribution is -0.136. The molecule has 0 rings (SSSR count). The molecule has 12 N–H and O–H groups in total. The van der Waals surface area contributed by atoms with Crippen molar-refractivity contribution in [2.24, 2.45) is 23.7 Å². The summed E-state index contributed by atoms with van der Waals surface area (Å²) in [4.78, 5) is 143. The van der Waals surface area contributed by atoms with Crippen molar-refractivity contribution >= 4 is 65.0 Å². The zero-order valence-electron chi connectivity index (χ0n) is 46.2. The molecule has 418 valence electrons. The van der Waals surface area contributed by atoms with Gasteiger partial charge in [0.25, 0.3) is 0 Å². The molecule has 0 aliphatic carbocycles. The van der Waals surface area contributed by atoms with Crippen LogP contribution >= 0.6 is 0 Å². The Balaban J connectivity index is 5.23. The first kappa shape index (κ1) is 67.1. The third kappa shape index (κ3) is 26.1. The van der Waals surface area contributed by atoms with Crippen molar-refractivity contribution in [3.63, 3.8) is 0 Å². The Labute approximate surface area is 432 Å². The molecule has 0 aromatic heterocycles. The van der Waals surface area contributed by atoms with E-state index in [0.717, 1.165) is 25.7 Å². The van der Waals surface area contributed by atoms with Gasteiger partial charge in [0.05, 0.1) is 38.8 Å². The maximum atomic E-state index is 13.4. The molecule has 0 aliphatic rings. The summed E-state index contributed by atoms with van der Waals surface area (Å²) in [5.74, 6) is -8.24. The van der Waals surface area contributed by atoms with E-state index in [1.54, 1.807) is 34.6 Å². The highest BCUT2D eigenvalue weighted by Gasteiger charge is 2.37. The molecular formula is C50H91N11O12. The van der Waals surface area contributed by atoms with E-state index >= 15 is 0 Å². The summed E-state index contributed by atoms with van der Waals surface area (Å²) in [5.41, 5.74) is -4.48. The summed E-state index contributed by atoms with van der Waals surface area (Å²) >= 11 is 0. The Hall–Kier alpha value is -5.87. The van der Waals surface area contributed by atoms with Crippen LogP contribution < -0.4 is 58.5 Å². The molecule has 0 fully saturated rings. The average Bonchev–Trinajstić information content (AvgIpc) is 3.29. The molecule has 0 radical (unpaired) electrons. The van der Waals surface area contributed by atoms with Gasteiger partial charge in [-0.15, -0.1) is 0 Å². The standard InChI is InChI=1S/C50H91N11O12/c1-16-18-19-20-21-22-34(63)59-48(10,11)45(71)53-26-37(66)57-40(31(7)8)44(70)60-49(12,13)46(72)52-24-35(64)51-25-36(65)56-39(30(5)6)43(69)61-50(14,15)47(73)54-27-38(67)58-41(32(9)17-2)42(68)55-33(28-62)23-29(3)4/h29-33,39-41,62H,16-28H2,1-15H3,(H,51,64)(H,52,72)(H,53,71)(H,54,73)(H,55,68)(H,56,65)(H,57,66)(H,58,67)(H,59,63)(H,60,70)(H,61,69)/t32-,33-,39-,40-,41-/m0/s1. The van der Waals surface area contributed by atoms with Gasteiger partial charge in [0.15, 0.2) is 0 Å². The minimum Gasteiger partial charge on any atom is -0.394 e. The van der Waals surface area contributed by atoms with Crippen LogP contribution in [0.1, 0.15) is 155 Å². The highest BCUT2D eigenvalue weighted by Crippen LogP contribution is 2.13. The monoisotopic (exact) mass is 1040 g/mol. The Kier molecular flexibility index (Phi) is 29.7. The quantitative estimate of drug-likeness (QED) is 0.0374. The van der Waals surface area contributed by atoms with Crippen molar-refractivity contribution in [2.75, 3.05) is 32.8 Å². The lowest BCUT2D eigenvalue weighted by Gasteiger charge is -2.30. The first-order valence-electron chi connectivity index (χ1n) is 25.6. The smallest absolute Gasteiger partial charge is 0.245 e. The minimum atomic E-state index is -1.60. The Morgan fingerprint density at radius 2 is 0.822 bits per heavy atom. The third-order valence-corrected chi connectivity index (χ3v) is 11.9. The van der Waals surface area contributed by atoms with E-state index in [-0.39, 0.29) is 30.8 Å². The zero-order chi connectivity index (χ0) is 56.4. The van der Waals surface area contributed by atoms with Gasteiger partial charge in [0, 0.05) is 6.42 Å². The minimum absolute atomic E-state index is 0.205. The number of hydrogen-bond donors (Lipinski definition) is 12. The molecule has 0 aromatic carbocycles. The van der Waals surface area contributed by atoms with Crippen molar-refractivity contribution < 1.29 is 57.8 Å². The van der Waals surface area contributed by atoms with E-state index in [2.05, 4.69) is 65.4 Å². The molecule has 0 aromatic rings. The predicted octanol–water partition coefficient (Wildman–Crippen LogP) is -0.168. The van der Waals surface area contributed by atoms with Gasteiger partial charge in [0.2, 0.25) is 65.0 Å². The predicted molar refractivity (Wildman–Crippen MR) is 275 cm³/mol. The maximum Gasteiger partial charge on any atom is 0.245 e. The number of hydrogen-bond acceptors (Lipinski definition) is 12. The van der Waals surface area contributed by atoms with Crippen LogP contribution in [0.5, 0.6) is 0 Å². The first-order chi connectivity index (χ1) is 33.7. The second-order valence-corrected chi connectivity index (χ2v) is 21.4. The fourth-order valence-electron chi connectivity index (χ4n) is 7.11. The lowest BCUT2D eigenvalue weighted by atomic mass is 9.97. The van der Waals surface area contributed by atoms with Crippen molar-refractivity contribution in [3.05, 3.63) is 0 Å². The van der Waals surface area contributed by atoms with Gasteiger partial charge in [-0.25, -0.2) is 0 Å². The van der Waals surface area contributed by atoms with Crippen LogP contribution in [0.4, 0.5) is 0 Å². The zero-order valence-corrected chi connectivity index (χ0v) is 46.2. The number of amides is 11. The van der Waals surface area contributed by atoms with E-state index in [0.29, 0.717) is 19.3 Å². The van der Waals surface area contributed by atoms with Crippen LogP contribution in [-0.2, 0) is 52.7 Å². The molecule has 0 unspecified atom stereocenters. The number of aliphatic hydroxyl groups is 1. The number of nitrogens with one attached hydrogen (secondary N) is 11. The molecule has 0 aliphatic heterocycles. The Bertz CT molecular complexity index is 1890. The van der Waals surface area contributed by atoms with Crippen molar-refractivity contribution in [3.8, 4) is 0 Å². The molecule has 11 amide bonds. The topological polar surface area (TPSA) is 340 Å². The van der Waals surface area contributed by atoms with Gasteiger partial charge in [-0.05, 0) is 78.1 Å². The SMILES string of the molecule is CCCCCCCC(=O)NC(C)(C)C(=O)NCC(=O)N[C@H](C(=O)NC(C)(C)C(=O)NCC(=O)NCC(=O)N[C@H](C(=O)NC(C)(C)C(=O)NCC(=O)N[C@H](C(=O)N[C@H](CO)CC(C)C)[C@@H](C)CC)C(C)C)C(C)C. The highest BCUT2D eigenvalue weighted by atomic mass is 16.3. The van der Waals surface area contributed by atoms with E-state index in [1.165, 1.54) is 41.5 Å². The number of unbranched alkanes of at least 4 members (excludes halogenated alkanes) is 4. The van der Waals surface area contributed by atoms with E-state index in [9.17, 15) is 57.8 Å². The summed E-state index contributed by atoms with van der Waals surface area (Å²) in [6.07, 6.45) is 6.16. The van der Waals surface area contributed by atoms with Crippen LogP contribution in [0.3, 0.4) is 0 Å². The fourth-order valence-corrected chi connectivity index (χ4v) is 7.11. The molecule has 0 saturated carbocycles.